The van der Waals surface area contributed by atoms with Crippen LogP contribution in [0.1, 0.15) is 41.8 Å². The standard InChI is InChI=1S/C18H22N2O4S/c1-24-16(22)15-14(2-3-25-15)20-17(23)18(19-9-21)12-5-10-4-11(7-12)8-13(18)6-10/h2-3,9-13H,4-8H2,1H3,(H,19,21)(H,20,23). The summed E-state index contributed by atoms with van der Waals surface area (Å²) in [6.45, 7) is 0. The van der Waals surface area contributed by atoms with Gasteiger partial charge >= 0.3 is 5.97 Å². The van der Waals surface area contributed by atoms with Crippen molar-refractivity contribution in [3.63, 3.8) is 0 Å². The molecule has 1 heterocycles. The van der Waals surface area contributed by atoms with E-state index >= 15 is 0 Å². The van der Waals surface area contributed by atoms with Crippen molar-refractivity contribution in [2.45, 2.75) is 37.6 Å². The molecular formula is C18H22N2O4S. The Hall–Kier alpha value is -1.89. The number of amides is 2. The third-order valence-electron chi connectivity index (χ3n) is 6.38. The van der Waals surface area contributed by atoms with Crippen LogP contribution in [-0.4, -0.2) is 30.9 Å². The fourth-order valence-electron chi connectivity index (χ4n) is 5.58. The van der Waals surface area contributed by atoms with Gasteiger partial charge in [-0.2, -0.15) is 0 Å². The third-order valence-corrected chi connectivity index (χ3v) is 7.28. The summed E-state index contributed by atoms with van der Waals surface area (Å²) in [7, 11) is 1.32. The molecule has 7 heteroatoms. The molecule has 2 N–H and O–H groups in total. The molecule has 4 aliphatic rings. The van der Waals surface area contributed by atoms with E-state index in [2.05, 4.69) is 10.6 Å². The second-order valence-electron chi connectivity index (χ2n) is 7.54. The fourth-order valence-corrected chi connectivity index (χ4v) is 6.35. The van der Waals surface area contributed by atoms with Crippen molar-refractivity contribution in [2.24, 2.45) is 23.7 Å². The Balaban J connectivity index is 1.64. The monoisotopic (exact) mass is 362 g/mol. The summed E-state index contributed by atoms with van der Waals surface area (Å²) in [5, 5.41) is 7.57. The Labute approximate surface area is 150 Å². The highest BCUT2D eigenvalue weighted by molar-refractivity contribution is 7.12. The van der Waals surface area contributed by atoms with Crippen molar-refractivity contribution in [2.75, 3.05) is 12.4 Å². The lowest BCUT2D eigenvalue weighted by molar-refractivity contribution is -0.144. The van der Waals surface area contributed by atoms with E-state index in [1.807, 2.05) is 0 Å². The zero-order valence-corrected chi connectivity index (χ0v) is 14.9. The molecule has 5 rings (SSSR count). The van der Waals surface area contributed by atoms with E-state index in [9.17, 15) is 14.4 Å². The Morgan fingerprint density at radius 3 is 2.40 bits per heavy atom. The van der Waals surface area contributed by atoms with Gasteiger partial charge in [0.05, 0.1) is 12.8 Å². The van der Waals surface area contributed by atoms with Crippen molar-refractivity contribution in [3.05, 3.63) is 16.3 Å². The predicted octanol–water partition coefficient (Wildman–Crippen LogP) is 2.41. The molecule has 0 unspecified atom stereocenters. The van der Waals surface area contributed by atoms with Gasteiger partial charge in [-0.15, -0.1) is 11.3 Å². The van der Waals surface area contributed by atoms with Gasteiger partial charge < -0.3 is 15.4 Å². The van der Waals surface area contributed by atoms with E-state index in [1.165, 1.54) is 24.9 Å². The maximum Gasteiger partial charge on any atom is 0.350 e. The molecule has 4 bridgehead atoms. The Bertz CT molecular complexity index is 686. The van der Waals surface area contributed by atoms with Gasteiger partial charge in [-0.1, -0.05) is 0 Å². The quantitative estimate of drug-likeness (QED) is 0.622. The lowest BCUT2D eigenvalue weighted by Crippen LogP contribution is -2.70. The first-order valence-electron chi connectivity index (χ1n) is 8.77. The topological polar surface area (TPSA) is 84.5 Å². The SMILES string of the molecule is COC(=O)c1sccc1NC(=O)C1(NC=O)C2CC3CC(C2)CC1C3. The van der Waals surface area contributed by atoms with Crippen LogP contribution >= 0.6 is 11.3 Å². The Morgan fingerprint density at radius 2 is 1.84 bits per heavy atom. The molecule has 1 aromatic heterocycles. The van der Waals surface area contributed by atoms with E-state index in [1.54, 1.807) is 11.4 Å². The maximum absolute atomic E-state index is 13.3. The number of thiophene rings is 1. The second kappa shape index (κ2) is 6.12. The number of hydrogen-bond donors (Lipinski definition) is 2. The van der Waals surface area contributed by atoms with Crippen LogP contribution < -0.4 is 10.6 Å². The summed E-state index contributed by atoms with van der Waals surface area (Å²) >= 11 is 1.23. The molecule has 25 heavy (non-hydrogen) atoms. The van der Waals surface area contributed by atoms with Crippen molar-refractivity contribution in [3.8, 4) is 0 Å². The molecule has 4 aliphatic carbocycles. The molecule has 1 aromatic rings. The van der Waals surface area contributed by atoms with Crippen molar-refractivity contribution >= 4 is 35.3 Å². The number of carbonyl (C=O) groups excluding carboxylic acids is 3. The number of esters is 1. The van der Waals surface area contributed by atoms with E-state index in [4.69, 9.17) is 4.74 Å². The number of carbonyl (C=O) groups is 3. The van der Waals surface area contributed by atoms with Gasteiger partial charge in [-0.25, -0.2) is 4.79 Å². The first-order chi connectivity index (χ1) is 12.1. The smallest absolute Gasteiger partial charge is 0.350 e. The van der Waals surface area contributed by atoms with Gasteiger partial charge in [0.1, 0.15) is 10.4 Å². The Kier molecular flexibility index (Phi) is 4.06. The molecule has 2 amide bonds. The van der Waals surface area contributed by atoms with Gasteiger partial charge in [-0.05, 0) is 67.2 Å². The first-order valence-corrected chi connectivity index (χ1v) is 9.65. The molecule has 0 atom stereocenters. The Morgan fingerprint density at radius 1 is 1.20 bits per heavy atom. The van der Waals surface area contributed by atoms with Crippen LogP contribution in [0.2, 0.25) is 0 Å². The average molecular weight is 362 g/mol. The van der Waals surface area contributed by atoms with E-state index in [0.717, 1.165) is 25.7 Å². The van der Waals surface area contributed by atoms with E-state index in [0.29, 0.717) is 28.8 Å². The lowest BCUT2D eigenvalue weighted by atomic mass is 9.48. The molecule has 0 saturated heterocycles. The van der Waals surface area contributed by atoms with Crippen LogP contribution in [0.5, 0.6) is 0 Å². The highest BCUT2D eigenvalue weighted by Gasteiger charge is 2.61. The van der Waals surface area contributed by atoms with Crippen LogP contribution in [0, 0.1) is 23.7 Å². The average Bonchev–Trinajstić information content (AvgIpc) is 3.05. The van der Waals surface area contributed by atoms with Crippen LogP contribution in [0.4, 0.5) is 5.69 Å². The lowest BCUT2D eigenvalue weighted by Gasteiger charge is -2.59. The van der Waals surface area contributed by atoms with Crippen molar-refractivity contribution in [1.29, 1.82) is 0 Å². The van der Waals surface area contributed by atoms with Gasteiger partial charge in [0.2, 0.25) is 6.41 Å². The summed E-state index contributed by atoms with van der Waals surface area (Å²) < 4.78 is 4.78. The minimum absolute atomic E-state index is 0.175. The van der Waals surface area contributed by atoms with Crippen LogP contribution in [-0.2, 0) is 14.3 Å². The highest BCUT2D eigenvalue weighted by atomic mass is 32.1. The molecule has 0 aliphatic heterocycles. The van der Waals surface area contributed by atoms with Crippen molar-refractivity contribution < 1.29 is 19.1 Å². The molecule has 0 aromatic carbocycles. The first kappa shape index (κ1) is 16.6. The molecule has 6 nitrogen and oxygen atoms in total. The molecular weight excluding hydrogens is 340 g/mol. The molecule has 4 fully saturated rings. The highest BCUT2D eigenvalue weighted by Crippen LogP contribution is 2.58. The minimum Gasteiger partial charge on any atom is -0.465 e. The zero-order chi connectivity index (χ0) is 17.6. The second-order valence-corrected chi connectivity index (χ2v) is 8.46. The predicted molar refractivity (Wildman–Crippen MR) is 93.3 cm³/mol. The largest absolute Gasteiger partial charge is 0.465 e. The van der Waals surface area contributed by atoms with Crippen molar-refractivity contribution in [1.82, 2.24) is 5.32 Å². The fraction of sp³-hybridized carbons (Fsp3) is 0.611. The van der Waals surface area contributed by atoms with E-state index < -0.39 is 11.5 Å². The summed E-state index contributed by atoms with van der Waals surface area (Å²) in [4.78, 5) is 36.9. The molecule has 134 valence electrons. The molecule has 4 saturated carbocycles. The van der Waals surface area contributed by atoms with E-state index in [-0.39, 0.29) is 17.7 Å². The maximum atomic E-state index is 13.3. The van der Waals surface area contributed by atoms with Gasteiger partial charge in [0.15, 0.2) is 0 Å². The summed E-state index contributed by atoms with van der Waals surface area (Å²) in [6, 6.07) is 1.71. The summed E-state index contributed by atoms with van der Waals surface area (Å²) in [5.41, 5.74) is -0.396. The minimum atomic E-state index is -0.857. The molecule has 0 spiro atoms. The molecule has 0 radical (unpaired) electrons. The van der Waals surface area contributed by atoms with Crippen LogP contribution in [0.15, 0.2) is 11.4 Å². The number of ether oxygens (including phenoxy) is 1. The number of nitrogens with one attached hydrogen (secondary N) is 2. The summed E-state index contributed by atoms with van der Waals surface area (Å²) in [5.74, 6) is 1.06. The van der Waals surface area contributed by atoms with Gasteiger partial charge in [0, 0.05) is 0 Å². The summed E-state index contributed by atoms with van der Waals surface area (Å²) in [6.07, 6.45) is 5.91. The number of hydrogen-bond acceptors (Lipinski definition) is 5. The zero-order valence-electron chi connectivity index (χ0n) is 14.1. The normalized spacial score (nSPS) is 35.2. The number of rotatable bonds is 5. The van der Waals surface area contributed by atoms with Crippen LogP contribution in [0.25, 0.3) is 0 Å². The third kappa shape index (κ3) is 2.47. The van der Waals surface area contributed by atoms with Gasteiger partial charge in [-0.3, -0.25) is 9.59 Å². The number of methoxy groups -OCH3 is 1. The van der Waals surface area contributed by atoms with Crippen LogP contribution in [0.3, 0.4) is 0 Å². The van der Waals surface area contributed by atoms with Gasteiger partial charge in [0.25, 0.3) is 5.91 Å². The number of anilines is 1.